The predicted molar refractivity (Wildman–Crippen MR) is 101 cm³/mol. The molecule has 132 valence electrons. The predicted octanol–water partition coefficient (Wildman–Crippen LogP) is 2.77. The van der Waals surface area contributed by atoms with Crippen molar-refractivity contribution in [1.82, 2.24) is 10.2 Å². The Bertz CT molecular complexity index is 694. The van der Waals surface area contributed by atoms with Gasteiger partial charge in [0.15, 0.2) is 0 Å². The molecule has 3 rings (SSSR count). The Balaban J connectivity index is 1.43. The molecule has 0 saturated carbocycles. The van der Waals surface area contributed by atoms with E-state index in [-0.39, 0.29) is 6.03 Å². The van der Waals surface area contributed by atoms with Gasteiger partial charge < -0.3 is 20.3 Å². The summed E-state index contributed by atoms with van der Waals surface area (Å²) >= 11 is 1.54. The van der Waals surface area contributed by atoms with E-state index in [0.717, 1.165) is 22.5 Å². The number of amides is 2. The fraction of sp³-hybridized carbons (Fsp3) is 0.333. The number of morpholine rings is 1. The summed E-state index contributed by atoms with van der Waals surface area (Å²) in [5.74, 6) is 0.403. The lowest BCUT2D eigenvalue weighted by Gasteiger charge is -2.26. The summed E-state index contributed by atoms with van der Waals surface area (Å²) in [7, 11) is 0. The average molecular weight is 358 g/mol. The second-order valence-electron chi connectivity index (χ2n) is 5.76. The van der Waals surface area contributed by atoms with Crippen LogP contribution < -0.4 is 10.6 Å². The molecule has 0 aliphatic carbocycles. The third-order valence-electron chi connectivity index (χ3n) is 3.98. The maximum Gasteiger partial charge on any atom is 0.317 e. The fourth-order valence-corrected chi connectivity index (χ4v) is 3.20. The topological polar surface area (TPSA) is 77.5 Å². The molecule has 1 aliphatic heterocycles. The van der Waals surface area contributed by atoms with Crippen molar-refractivity contribution in [1.29, 1.82) is 5.41 Å². The second kappa shape index (κ2) is 8.64. The van der Waals surface area contributed by atoms with Gasteiger partial charge in [-0.2, -0.15) is 0 Å². The fourth-order valence-electron chi connectivity index (χ4n) is 2.57. The number of nitrogens with one attached hydrogen (secondary N) is 3. The minimum atomic E-state index is -0.0222. The molecule has 1 fully saturated rings. The van der Waals surface area contributed by atoms with E-state index in [2.05, 4.69) is 10.6 Å². The Labute approximate surface area is 151 Å². The van der Waals surface area contributed by atoms with Crippen LogP contribution in [0.15, 0.2) is 41.8 Å². The molecule has 3 N–H and O–H groups in total. The summed E-state index contributed by atoms with van der Waals surface area (Å²) in [4.78, 5) is 14.7. The lowest BCUT2D eigenvalue weighted by Crippen LogP contribution is -2.46. The van der Waals surface area contributed by atoms with E-state index in [1.165, 1.54) is 11.3 Å². The summed E-state index contributed by atoms with van der Waals surface area (Å²) in [5.41, 5.74) is 2.04. The van der Waals surface area contributed by atoms with E-state index in [4.69, 9.17) is 10.1 Å². The summed E-state index contributed by atoms with van der Waals surface area (Å²) in [6, 6.07) is 11.8. The third kappa shape index (κ3) is 5.04. The second-order valence-corrected chi connectivity index (χ2v) is 6.70. The number of benzene rings is 1. The highest BCUT2D eigenvalue weighted by molar-refractivity contribution is 7.12. The first-order valence-electron chi connectivity index (χ1n) is 8.31. The van der Waals surface area contributed by atoms with Crippen LogP contribution in [-0.4, -0.2) is 49.6 Å². The Morgan fingerprint density at radius 1 is 1.20 bits per heavy atom. The number of carbonyl (C=O) groups is 1. The third-order valence-corrected chi connectivity index (χ3v) is 4.87. The molecule has 2 aromatic rings. The summed E-state index contributed by atoms with van der Waals surface area (Å²) < 4.78 is 5.24. The number of rotatable bonds is 5. The highest BCUT2D eigenvalue weighted by atomic mass is 32.1. The van der Waals surface area contributed by atoms with E-state index < -0.39 is 0 Å². The number of ether oxygens (including phenoxy) is 1. The monoisotopic (exact) mass is 358 g/mol. The normalized spacial score (nSPS) is 14.2. The highest BCUT2D eigenvalue weighted by Crippen LogP contribution is 2.14. The lowest BCUT2D eigenvalue weighted by atomic mass is 10.1. The van der Waals surface area contributed by atoms with Crippen molar-refractivity contribution in [3.05, 3.63) is 52.2 Å². The molecule has 25 heavy (non-hydrogen) atoms. The number of amidine groups is 1. The maximum absolute atomic E-state index is 12.0. The zero-order valence-electron chi connectivity index (χ0n) is 14.0. The van der Waals surface area contributed by atoms with Crippen molar-refractivity contribution in [2.45, 2.75) is 6.42 Å². The summed E-state index contributed by atoms with van der Waals surface area (Å²) in [5, 5.41) is 16.0. The molecule has 0 radical (unpaired) electrons. The van der Waals surface area contributed by atoms with Crippen molar-refractivity contribution >= 4 is 28.9 Å². The number of anilines is 1. The van der Waals surface area contributed by atoms with Gasteiger partial charge in [-0.05, 0) is 35.6 Å². The average Bonchev–Trinajstić information content (AvgIpc) is 3.19. The molecule has 7 heteroatoms. The maximum atomic E-state index is 12.0. The largest absolute Gasteiger partial charge is 0.378 e. The van der Waals surface area contributed by atoms with Gasteiger partial charge in [0.25, 0.3) is 0 Å². The van der Waals surface area contributed by atoms with Gasteiger partial charge in [-0.3, -0.25) is 5.41 Å². The van der Waals surface area contributed by atoms with E-state index in [1.807, 2.05) is 41.8 Å². The quantitative estimate of drug-likeness (QED) is 0.568. The molecule has 0 atom stereocenters. The molecule has 0 spiro atoms. The van der Waals surface area contributed by atoms with Gasteiger partial charge >= 0.3 is 6.03 Å². The van der Waals surface area contributed by atoms with Crippen LogP contribution in [0.1, 0.15) is 10.4 Å². The molecule has 1 aromatic heterocycles. The minimum Gasteiger partial charge on any atom is -0.378 e. The van der Waals surface area contributed by atoms with Gasteiger partial charge in [0.2, 0.25) is 0 Å². The molecule has 6 nitrogen and oxygen atoms in total. The van der Waals surface area contributed by atoms with Gasteiger partial charge in [-0.15, -0.1) is 11.3 Å². The van der Waals surface area contributed by atoms with Crippen molar-refractivity contribution in [2.75, 3.05) is 38.2 Å². The van der Waals surface area contributed by atoms with Crippen LogP contribution in [0.5, 0.6) is 0 Å². The van der Waals surface area contributed by atoms with Crippen LogP contribution in [0, 0.1) is 5.41 Å². The number of nitrogens with zero attached hydrogens (tertiary/aromatic N) is 1. The van der Waals surface area contributed by atoms with Crippen LogP contribution >= 0.6 is 11.3 Å². The first kappa shape index (κ1) is 17.4. The molecular formula is C18H22N4O2S. The zero-order chi connectivity index (χ0) is 17.5. The standard InChI is InChI=1S/C18H22N4O2S/c19-17(16-2-1-13-25-16)21-15-5-3-14(4-6-15)7-8-20-18(23)22-9-11-24-12-10-22/h1-6,13H,7-12H2,(H2,19,21)(H,20,23). The summed E-state index contributed by atoms with van der Waals surface area (Å²) in [6.07, 6.45) is 0.777. The van der Waals surface area contributed by atoms with Crippen molar-refractivity contribution in [2.24, 2.45) is 0 Å². The Morgan fingerprint density at radius 3 is 2.64 bits per heavy atom. The molecular weight excluding hydrogens is 336 g/mol. The van der Waals surface area contributed by atoms with Gasteiger partial charge in [-0.25, -0.2) is 4.79 Å². The minimum absolute atomic E-state index is 0.0222. The Kier molecular flexibility index (Phi) is 6.03. The first-order valence-corrected chi connectivity index (χ1v) is 9.19. The molecule has 2 amide bonds. The number of hydrogen-bond donors (Lipinski definition) is 3. The lowest BCUT2D eigenvalue weighted by molar-refractivity contribution is 0.0533. The smallest absolute Gasteiger partial charge is 0.317 e. The van der Waals surface area contributed by atoms with Gasteiger partial charge in [0.05, 0.1) is 18.1 Å². The number of thiophene rings is 1. The molecule has 0 bridgehead atoms. The molecule has 2 heterocycles. The van der Waals surface area contributed by atoms with Gasteiger partial charge in [0.1, 0.15) is 5.84 Å². The highest BCUT2D eigenvalue weighted by Gasteiger charge is 2.15. The van der Waals surface area contributed by atoms with Crippen molar-refractivity contribution in [3.8, 4) is 0 Å². The van der Waals surface area contributed by atoms with Crippen LogP contribution in [0.25, 0.3) is 0 Å². The SMILES string of the molecule is N=C(Nc1ccc(CCNC(=O)N2CCOCC2)cc1)c1cccs1. The van der Waals surface area contributed by atoms with E-state index in [9.17, 15) is 4.79 Å². The Hall–Kier alpha value is -2.38. The molecule has 1 aliphatic rings. The van der Waals surface area contributed by atoms with E-state index in [1.54, 1.807) is 4.90 Å². The van der Waals surface area contributed by atoms with Crippen LogP contribution in [0.3, 0.4) is 0 Å². The summed E-state index contributed by atoms with van der Waals surface area (Å²) in [6.45, 7) is 3.14. The van der Waals surface area contributed by atoms with E-state index in [0.29, 0.717) is 38.7 Å². The molecule has 1 aromatic carbocycles. The number of carbonyl (C=O) groups excluding carboxylic acids is 1. The van der Waals surface area contributed by atoms with E-state index >= 15 is 0 Å². The number of hydrogen-bond acceptors (Lipinski definition) is 4. The molecule has 0 unspecified atom stereocenters. The van der Waals surface area contributed by atoms with Crippen molar-refractivity contribution < 1.29 is 9.53 Å². The number of urea groups is 1. The van der Waals surface area contributed by atoms with Crippen LogP contribution in [-0.2, 0) is 11.2 Å². The molecule has 1 saturated heterocycles. The first-order chi connectivity index (χ1) is 12.2. The Morgan fingerprint density at radius 2 is 1.96 bits per heavy atom. The van der Waals surface area contributed by atoms with Gasteiger partial charge in [-0.1, -0.05) is 18.2 Å². The zero-order valence-corrected chi connectivity index (χ0v) is 14.8. The van der Waals surface area contributed by atoms with Gasteiger partial charge in [0, 0.05) is 25.3 Å². The van der Waals surface area contributed by atoms with Crippen molar-refractivity contribution in [3.63, 3.8) is 0 Å². The van der Waals surface area contributed by atoms with Crippen LogP contribution in [0.4, 0.5) is 10.5 Å². The van der Waals surface area contributed by atoms with Crippen LogP contribution in [0.2, 0.25) is 0 Å².